The molecule has 4 nitrogen and oxygen atoms in total. The van der Waals surface area contributed by atoms with E-state index in [-0.39, 0.29) is 0 Å². The highest BCUT2D eigenvalue weighted by atomic mass is 32.1. The first kappa shape index (κ1) is 9.36. The number of nitrogens with zero attached hydrogens (tertiary/aromatic N) is 3. The molecule has 0 fully saturated rings. The summed E-state index contributed by atoms with van der Waals surface area (Å²) in [5.41, 5.74) is 5.45. The SMILES string of the molecule is Cn1nc(CCN)nc1-c1cccs1. The van der Waals surface area contributed by atoms with E-state index in [0.29, 0.717) is 6.54 Å². The Morgan fingerprint density at radius 3 is 3.07 bits per heavy atom. The molecule has 0 saturated carbocycles. The van der Waals surface area contributed by atoms with E-state index < -0.39 is 0 Å². The second kappa shape index (κ2) is 3.89. The number of nitrogens with two attached hydrogens (primary N) is 1. The zero-order valence-corrected chi connectivity index (χ0v) is 8.79. The lowest BCUT2D eigenvalue weighted by atomic mass is 10.4. The highest BCUT2D eigenvalue weighted by Gasteiger charge is 2.08. The predicted octanol–water partition coefficient (Wildman–Crippen LogP) is 1.04. The van der Waals surface area contributed by atoms with Gasteiger partial charge in [0.15, 0.2) is 11.6 Å². The van der Waals surface area contributed by atoms with Gasteiger partial charge in [0.2, 0.25) is 0 Å². The Balaban J connectivity index is 2.35. The molecule has 0 radical (unpaired) electrons. The molecule has 0 spiro atoms. The van der Waals surface area contributed by atoms with Gasteiger partial charge in [-0.15, -0.1) is 11.3 Å². The molecule has 0 saturated heterocycles. The lowest BCUT2D eigenvalue weighted by Crippen LogP contribution is -2.04. The van der Waals surface area contributed by atoms with Crippen LogP contribution in [0.15, 0.2) is 17.5 Å². The summed E-state index contributed by atoms with van der Waals surface area (Å²) < 4.78 is 1.80. The van der Waals surface area contributed by atoms with Gasteiger partial charge in [-0.05, 0) is 18.0 Å². The summed E-state index contributed by atoms with van der Waals surface area (Å²) in [4.78, 5) is 5.57. The normalized spacial score (nSPS) is 10.7. The summed E-state index contributed by atoms with van der Waals surface area (Å²) in [6.45, 7) is 0.591. The van der Waals surface area contributed by atoms with Gasteiger partial charge in [0, 0.05) is 13.5 Å². The van der Waals surface area contributed by atoms with Crippen molar-refractivity contribution in [2.24, 2.45) is 12.8 Å². The van der Waals surface area contributed by atoms with Crippen LogP contribution in [0.2, 0.25) is 0 Å². The first-order valence-electron chi connectivity index (χ1n) is 4.45. The number of thiophene rings is 1. The molecule has 5 heteroatoms. The van der Waals surface area contributed by atoms with Crippen molar-refractivity contribution in [1.82, 2.24) is 14.8 Å². The van der Waals surface area contributed by atoms with Gasteiger partial charge in [0.1, 0.15) is 0 Å². The Kier molecular flexibility index (Phi) is 2.60. The van der Waals surface area contributed by atoms with E-state index in [1.54, 1.807) is 16.0 Å². The zero-order chi connectivity index (χ0) is 9.97. The van der Waals surface area contributed by atoms with E-state index in [2.05, 4.69) is 10.1 Å². The molecule has 0 aromatic carbocycles. The van der Waals surface area contributed by atoms with Crippen molar-refractivity contribution in [3.63, 3.8) is 0 Å². The minimum Gasteiger partial charge on any atom is -0.330 e. The summed E-state index contributed by atoms with van der Waals surface area (Å²) in [5, 5.41) is 6.32. The van der Waals surface area contributed by atoms with Gasteiger partial charge >= 0.3 is 0 Å². The van der Waals surface area contributed by atoms with Crippen molar-refractivity contribution < 1.29 is 0 Å². The van der Waals surface area contributed by atoms with Gasteiger partial charge in [0.05, 0.1) is 4.88 Å². The third kappa shape index (κ3) is 1.69. The lowest BCUT2D eigenvalue weighted by molar-refractivity contribution is 0.745. The summed E-state index contributed by atoms with van der Waals surface area (Å²) >= 11 is 1.67. The van der Waals surface area contributed by atoms with Crippen LogP contribution < -0.4 is 5.73 Å². The number of rotatable bonds is 3. The Morgan fingerprint density at radius 1 is 1.57 bits per heavy atom. The third-order valence-electron chi connectivity index (χ3n) is 1.92. The van der Waals surface area contributed by atoms with E-state index >= 15 is 0 Å². The third-order valence-corrected chi connectivity index (χ3v) is 2.78. The van der Waals surface area contributed by atoms with Crippen molar-refractivity contribution in [2.45, 2.75) is 6.42 Å². The highest BCUT2D eigenvalue weighted by Crippen LogP contribution is 2.21. The van der Waals surface area contributed by atoms with Crippen LogP contribution in [0, 0.1) is 0 Å². The van der Waals surface area contributed by atoms with Gasteiger partial charge < -0.3 is 5.73 Å². The highest BCUT2D eigenvalue weighted by molar-refractivity contribution is 7.13. The van der Waals surface area contributed by atoms with Crippen molar-refractivity contribution in [2.75, 3.05) is 6.54 Å². The average Bonchev–Trinajstić information content (AvgIpc) is 2.74. The van der Waals surface area contributed by atoms with E-state index in [1.807, 2.05) is 24.6 Å². The molecule has 2 aromatic rings. The van der Waals surface area contributed by atoms with Crippen LogP contribution in [-0.2, 0) is 13.5 Å². The molecule has 2 N–H and O–H groups in total. The van der Waals surface area contributed by atoms with Crippen LogP contribution in [0.4, 0.5) is 0 Å². The van der Waals surface area contributed by atoms with Gasteiger partial charge in [0.25, 0.3) is 0 Å². The molecular weight excluding hydrogens is 196 g/mol. The minimum absolute atomic E-state index is 0.591. The van der Waals surface area contributed by atoms with E-state index in [4.69, 9.17) is 5.73 Å². The fourth-order valence-electron chi connectivity index (χ4n) is 1.29. The monoisotopic (exact) mass is 208 g/mol. The molecule has 2 rings (SSSR count). The first-order valence-corrected chi connectivity index (χ1v) is 5.33. The predicted molar refractivity (Wildman–Crippen MR) is 57.1 cm³/mol. The van der Waals surface area contributed by atoms with Crippen LogP contribution in [0.1, 0.15) is 5.82 Å². The maximum Gasteiger partial charge on any atom is 0.168 e. The molecular formula is C9H12N4S. The van der Waals surface area contributed by atoms with Crippen molar-refractivity contribution in [1.29, 1.82) is 0 Å². The molecule has 0 amide bonds. The average molecular weight is 208 g/mol. The molecule has 14 heavy (non-hydrogen) atoms. The van der Waals surface area contributed by atoms with Gasteiger partial charge in [-0.25, -0.2) is 9.67 Å². The molecule has 74 valence electrons. The molecule has 0 aliphatic carbocycles. The smallest absolute Gasteiger partial charge is 0.168 e. The van der Waals surface area contributed by atoms with Crippen LogP contribution >= 0.6 is 11.3 Å². The van der Waals surface area contributed by atoms with Crippen LogP contribution in [0.3, 0.4) is 0 Å². The molecule has 0 aliphatic heterocycles. The van der Waals surface area contributed by atoms with Gasteiger partial charge in [-0.1, -0.05) is 6.07 Å². The Bertz CT molecular complexity index is 404. The summed E-state index contributed by atoms with van der Waals surface area (Å²) in [6.07, 6.45) is 0.735. The van der Waals surface area contributed by atoms with E-state index in [1.165, 1.54) is 0 Å². The number of hydrogen-bond acceptors (Lipinski definition) is 4. The van der Waals surface area contributed by atoms with Gasteiger partial charge in [-0.2, -0.15) is 5.10 Å². The van der Waals surface area contributed by atoms with Crippen molar-refractivity contribution >= 4 is 11.3 Å². The number of hydrogen-bond donors (Lipinski definition) is 1. The Hall–Kier alpha value is -1.20. The fourth-order valence-corrected chi connectivity index (χ4v) is 2.04. The number of aromatic nitrogens is 3. The first-order chi connectivity index (χ1) is 6.81. The molecule has 2 aromatic heterocycles. The van der Waals surface area contributed by atoms with Crippen LogP contribution in [-0.4, -0.2) is 21.3 Å². The second-order valence-corrected chi connectivity index (χ2v) is 3.94. The molecule has 0 atom stereocenters. The zero-order valence-electron chi connectivity index (χ0n) is 7.97. The maximum absolute atomic E-state index is 5.45. The number of aryl methyl sites for hydroxylation is 1. The van der Waals surface area contributed by atoms with Crippen LogP contribution in [0.5, 0.6) is 0 Å². The Morgan fingerprint density at radius 2 is 2.43 bits per heavy atom. The van der Waals surface area contributed by atoms with Crippen LogP contribution in [0.25, 0.3) is 10.7 Å². The topological polar surface area (TPSA) is 56.7 Å². The summed E-state index contributed by atoms with van der Waals surface area (Å²) in [5.74, 6) is 1.74. The van der Waals surface area contributed by atoms with E-state index in [9.17, 15) is 0 Å². The quantitative estimate of drug-likeness (QED) is 0.820. The maximum atomic E-state index is 5.45. The Labute approximate surface area is 86.4 Å². The van der Waals surface area contributed by atoms with Crippen molar-refractivity contribution in [3.05, 3.63) is 23.3 Å². The second-order valence-electron chi connectivity index (χ2n) is 2.99. The van der Waals surface area contributed by atoms with Gasteiger partial charge in [-0.3, -0.25) is 0 Å². The lowest BCUT2D eigenvalue weighted by Gasteiger charge is -1.93. The molecule has 0 unspecified atom stereocenters. The summed E-state index contributed by atoms with van der Waals surface area (Å²) in [7, 11) is 1.90. The summed E-state index contributed by atoms with van der Waals surface area (Å²) in [6, 6.07) is 4.05. The minimum atomic E-state index is 0.591. The standard InChI is InChI=1S/C9H12N4S/c1-13-9(7-3-2-6-14-7)11-8(12-13)4-5-10/h2-3,6H,4-5,10H2,1H3. The molecule has 2 heterocycles. The molecule has 0 bridgehead atoms. The van der Waals surface area contributed by atoms with E-state index in [0.717, 1.165) is 22.9 Å². The van der Waals surface area contributed by atoms with Crippen molar-refractivity contribution in [3.8, 4) is 10.7 Å². The molecule has 0 aliphatic rings. The largest absolute Gasteiger partial charge is 0.330 e. The fraction of sp³-hybridized carbons (Fsp3) is 0.333.